The van der Waals surface area contributed by atoms with Crippen LogP contribution < -0.4 is 10.6 Å². The molecule has 1 unspecified atom stereocenters. The maximum Gasteiger partial charge on any atom is 0.223 e. The standard InChI is InChI=1S/C30H60N2O2/c1-4-7-10-11-12-13-14-15-16-17-18-19-20-21-22-23-24-28(30(34)32-26-9-6-3)27-29(33)31-25-8-5-2/h28H,4-27H2,1-3H3,(H,31,33)(H,32,34). The Morgan fingerprint density at radius 2 is 0.882 bits per heavy atom. The van der Waals surface area contributed by atoms with E-state index in [9.17, 15) is 9.59 Å². The van der Waals surface area contributed by atoms with Crippen LogP contribution in [0.25, 0.3) is 0 Å². The van der Waals surface area contributed by atoms with Crippen molar-refractivity contribution in [2.24, 2.45) is 5.92 Å². The summed E-state index contributed by atoms with van der Waals surface area (Å²) in [6.07, 6.45) is 26.9. The monoisotopic (exact) mass is 480 g/mol. The second kappa shape index (κ2) is 26.5. The molecule has 0 aliphatic rings. The molecule has 4 nitrogen and oxygen atoms in total. The van der Waals surface area contributed by atoms with Gasteiger partial charge in [0.25, 0.3) is 0 Å². The third-order valence-electron chi connectivity index (χ3n) is 6.89. The van der Waals surface area contributed by atoms with Crippen molar-refractivity contribution in [3.8, 4) is 0 Å². The van der Waals surface area contributed by atoms with Crippen LogP contribution in [0, 0.1) is 5.92 Å². The molecule has 0 rings (SSSR count). The number of amides is 2. The van der Waals surface area contributed by atoms with Gasteiger partial charge in [-0.2, -0.15) is 0 Å². The van der Waals surface area contributed by atoms with E-state index in [4.69, 9.17) is 0 Å². The highest BCUT2D eigenvalue weighted by Gasteiger charge is 2.21. The van der Waals surface area contributed by atoms with Crippen molar-refractivity contribution in [3.05, 3.63) is 0 Å². The van der Waals surface area contributed by atoms with E-state index < -0.39 is 0 Å². The molecule has 0 aliphatic carbocycles. The minimum Gasteiger partial charge on any atom is -0.356 e. The van der Waals surface area contributed by atoms with Crippen LogP contribution in [0.1, 0.15) is 162 Å². The van der Waals surface area contributed by atoms with Gasteiger partial charge in [-0.25, -0.2) is 0 Å². The zero-order chi connectivity index (χ0) is 25.1. The number of carbonyl (C=O) groups is 2. The Labute approximate surface area is 213 Å². The van der Waals surface area contributed by atoms with E-state index in [-0.39, 0.29) is 17.7 Å². The lowest BCUT2D eigenvalue weighted by Gasteiger charge is -2.17. The van der Waals surface area contributed by atoms with Crippen LogP contribution in [-0.2, 0) is 9.59 Å². The second-order valence-electron chi connectivity index (χ2n) is 10.3. The molecule has 0 saturated carbocycles. The number of unbranched alkanes of at least 4 members (excludes halogenated alkanes) is 17. The quantitative estimate of drug-likeness (QED) is 0.122. The van der Waals surface area contributed by atoms with Gasteiger partial charge in [-0.05, 0) is 19.3 Å². The molecular formula is C30H60N2O2. The average molecular weight is 481 g/mol. The van der Waals surface area contributed by atoms with E-state index in [0.29, 0.717) is 6.42 Å². The van der Waals surface area contributed by atoms with Crippen LogP contribution in [0.15, 0.2) is 0 Å². The van der Waals surface area contributed by atoms with Crippen LogP contribution in [0.5, 0.6) is 0 Å². The Balaban J connectivity index is 3.80. The average Bonchev–Trinajstić information content (AvgIpc) is 2.83. The van der Waals surface area contributed by atoms with Gasteiger partial charge in [-0.3, -0.25) is 9.59 Å². The summed E-state index contributed by atoms with van der Waals surface area (Å²) < 4.78 is 0. The van der Waals surface area contributed by atoms with Crippen molar-refractivity contribution in [1.82, 2.24) is 10.6 Å². The fraction of sp³-hybridized carbons (Fsp3) is 0.933. The number of carbonyl (C=O) groups excluding carboxylic acids is 2. The summed E-state index contributed by atoms with van der Waals surface area (Å²) in [5, 5.41) is 6.02. The van der Waals surface area contributed by atoms with Crippen LogP contribution in [0.4, 0.5) is 0 Å². The van der Waals surface area contributed by atoms with Crippen molar-refractivity contribution >= 4 is 11.8 Å². The first-order valence-corrected chi connectivity index (χ1v) is 15.2. The SMILES string of the molecule is CCCCCCCCCCCCCCCCCCC(CC(=O)NCCCC)C(=O)NCCCC. The van der Waals surface area contributed by atoms with Crippen LogP contribution >= 0.6 is 0 Å². The van der Waals surface area contributed by atoms with Crippen molar-refractivity contribution in [2.75, 3.05) is 13.1 Å². The van der Waals surface area contributed by atoms with Crippen LogP contribution in [0.2, 0.25) is 0 Å². The lowest BCUT2D eigenvalue weighted by molar-refractivity contribution is -0.130. The minimum atomic E-state index is -0.176. The third kappa shape index (κ3) is 22.7. The topological polar surface area (TPSA) is 58.2 Å². The summed E-state index contributed by atoms with van der Waals surface area (Å²) >= 11 is 0. The van der Waals surface area contributed by atoms with E-state index in [1.165, 1.54) is 96.3 Å². The van der Waals surface area contributed by atoms with Crippen molar-refractivity contribution in [3.63, 3.8) is 0 Å². The normalized spacial score (nSPS) is 12.0. The molecule has 0 bridgehead atoms. The summed E-state index contributed by atoms with van der Waals surface area (Å²) in [6.45, 7) is 7.97. The van der Waals surface area contributed by atoms with Crippen molar-refractivity contribution < 1.29 is 9.59 Å². The van der Waals surface area contributed by atoms with Gasteiger partial charge in [-0.15, -0.1) is 0 Å². The number of nitrogens with one attached hydrogen (secondary N) is 2. The van der Waals surface area contributed by atoms with Gasteiger partial charge >= 0.3 is 0 Å². The van der Waals surface area contributed by atoms with E-state index in [2.05, 4.69) is 31.4 Å². The molecule has 2 N–H and O–H groups in total. The molecular weight excluding hydrogens is 420 g/mol. The Morgan fingerprint density at radius 1 is 0.500 bits per heavy atom. The largest absolute Gasteiger partial charge is 0.356 e. The van der Waals surface area contributed by atoms with Gasteiger partial charge in [0.05, 0.1) is 0 Å². The predicted octanol–water partition coefficient (Wildman–Crippen LogP) is 8.48. The molecule has 0 aliphatic heterocycles. The summed E-state index contributed by atoms with van der Waals surface area (Å²) in [6, 6.07) is 0. The highest BCUT2D eigenvalue weighted by molar-refractivity contribution is 5.85. The highest BCUT2D eigenvalue weighted by Crippen LogP contribution is 2.17. The molecule has 0 spiro atoms. The Bertz CT molecular complexity index is 453. The molecule has 0 heterocycles. The number of hydrogen-bond acceptors (Lipinski definition) is 2. The molecule has 4 heteroatoms. The lowest BCUT2D eigenvalue weighted by Crippen LogP contribution is -2.35. The predicted molar refractivity (Wildman–Crippen MR) is 148 cm³/mol. The van der Waals surface area contributed by atoms with Crippen LogP contribution in [0.3, 0.4) is 0 Å². The minimum absolute atomic E-state index is 0.0283. The fourth-order valence-electron chi connectivity index (χ4n) is 4.50. The second-order valence-corrected chi connectivity index (χ2v) is 10.3. The van der Waals surface area contributed by atoms with Crippen molar-refractivity contribution in [2.45, 2.75) is 162 Å². The van der Waals surface area contributed by atoms with E-state index in [0.717, 1.165) is 51.6 Å². The van der Waals surface area contributed by atoms with Gasteiger partial charge in [-0.1, -0.05) is 136 Å². The Hall–Kier alpha value is -1.06. The highest BCUT2D eigenvalue weighted by atomic mass is 16.2. The molecule has 0 aromatic rings. The summed E-state index contributed by atoms with van der Waals surface area (Å²) in [7, 11) is 0. The molecule has 0 aromatic carbocycles. The van der Waals surface area contributed by atoms with Gasteiger partial charge in [0.1, 0.15) is 0 Å². The maximum absolute atomic E-state index is 12.6. The summed E-state index contributed by atoms with van der Waals surface area (Å²) in [4.78, 5) is 24.8. The van der Waals surface area contributed by atoms with E-state index in [1.54, 1.807) is 0 Å². The zero-order valence-corrected chi connectivity index (χ0v) is 23.4. The Morgan fingerprint density at radius 3 is 1.32 bits per heavy atom. The van der Waals surface area contributed by atoms with Gasteiger partial charge < -0.3 is 10.6 Å². The molecule has 1 atom stereocenters. The molecule has 0 fully saturated rings. The van der Waals surface area contributed by atoms with Gasteiger partial charge in [0.2, 0.25) is 11.8 Å². The van der Waals surface area contributed by atoms with E-state index in [1.807, 2.05) is 0 Å². The lowest BCUT2D eigenvalue weighted by atomic mass is 9.95. The molecule has 0 aromatic heterocycles. The molecule has 0 radical (unpaired) electrons. The van der Waals surface area contributed by atoms with Gasteiger partial charge in [0.15, 0.2) is 0 Å². The molecule has 202 valence electrons. The third-order valence-corrected chi connectivity index (χ3v) is 6.89. The molecule has 0 saturated heterocycles. The smallest absolute Gasteiger partial charge is 0.223 e. The number of rotatable bonds is 26. The first-order valence-electron chi connectivity index (χ1n) is 15.2. The van der Waals surface area contributed by atoms with Crippen molar-refractivity contribution in [1.29, 1.82) is 0 Å². The number of hydrogen-bond donors (Lipinski definition) is 2. The molecule has 34 heavy (non-hydrogen) atoms. The zero-order valence-electron chi connectivity index (χ0n) is 23.4. The van der Waals surface area contributed by atoms with E-state index >= 15 is 0 Å². The molecule has 2 amide bonds. The van der Waals surface area contributed by atoms with Crippen LogP contribution in [-0.4, -0.2) is 24.9 Å². The first kappa shape index (κ1) is 32.9. The maximum atomic E-state index is 12.6. The summed E-state index contributed by atoms with van der Waals surface area (Å²) in [5.74, 6) is -0.0780. The van der Waals surface area contributed by atoms with Gasteiger partial charge in [0, 0.05) is 25.4 Å². The first-order chi connectivity index (χ1) is 16.7. The summed E-state index contributed by atoms with van der Waals surface area (Å²) in [5.41, 5.74) is 0. The fourth-order valence-corrected chi connectivity index (χ4v) is 4.50. The Kier molecular flexibility index (Phi) is 25.7.